The molecule has 0 saturated heterocycles. The Kier molecular flexibility index (Phi) is 4.22. The van der Waals surface area contributed by atoms with Crippen LogP contribution >= 0.6 is 39.1 Å². The third-order valence-corrected chi connectivity index (χ3v) is 5.15. The molecule has 6 heteroatoms. The van der Waals surface area contributed by atoms with Gasteiger partial charge in [0.1, 0.15) is 0 Å². The molecule has 1 heterocycles. The Morgan fingerprint density at radius 2 is 1.86 bits per heavy atom. The number of amides is 1. The zero-order valence-corrected chi connectivity index (χ0v) is 13.9. The van der Waals surface area contributed by atoms with E-state index in [2.05, 4.69) is 26.6 Å². The molecule has 0 atom stereocenters. The Morgan fingerprint density at radius 3 is 2.67 bits per heavy atom. The van der Waals surface area contributed by atoms with E-state index in [1.165, 1.54) is 5.56 Å². The molecule has 3 rings (SSSR count). The van der Waals surface area contributed by atoms with Gasteiger partial charge in [0.25, 0.3) is 5.91 Å². The van der Waals surface area contributed by atoms with Crippen LogP contribution in [0.4, 0.5) is 5.69 Å². The SMILES string of the molecule is O=C(Nc1ccc(Br)c(Cl)c1Cl)c1ccc2c(c1)CNC2. The van der Waals surface area contributed by atoms with Crippen molar-refractivity contribution in [3.63, 3.8) is 0 Å². The van der Waals surface area contributed by atoms with Gasteiger partial charge in [-0.25, -0.2) is 0 Å². The predicted octanol–water partition coefficient (Wildman–Crippen LogP) is 4.61. The van der Waals surface area contributed by atoms with Gasteiger partial charge < -0.3 is 10.6 Å². The number of benzene rings is 2. The minimum atomic E-state index is -0.204. The second kappa shape index (κ2) is 5.97. The van der Waals surface area contributed by atoms with E-state index in [-0.39, 0.29) is 5.91 Å². The zero-order valence-electron chi connectivity index (χ0n) is 10.8. The molecule has 0 spiro atoms. The fourth-order valence-electron chi connectivity index (χ4n) is 2.25. The van der Waals surface area contributed by atoms with E-state index in [4.69, 9.17) is 23.2 Å². The quantitative estimate of drug-likeness (QED) is 0.741. The monoisotopic (exact) mass is 384 g/mol. The van der Waals surface area contributed by atoms with Gasteiger partial charge in [0.05, 0.1) is 15.7 Å². The Bertz CT molecular complexity index is 734. The smallest absolute Gasteiger partial charge is 0.255 e. The van der Waals surface area contributed by atoms with E-state index in [1.807, 2.05) is 18.2 Å². The predicted molar refractivity (Wildman–Crippen MR) is 89.1 cm³/mol. The van der Waals surface area contributed by atoms with E-state index in [9.17, 15) is 4.79 Å². The number of nitrogens with one attached hydrogen (secondary N) is 2. The van der Waals surface area contributed by atoms with Crippen LogP contribution in [0, 0.1) is 0 Å². The number of fused-ring (bicyclic) bond motifs is 1. The fourth-order valence-corrected chi connectivity index (χ4v) is 3.07. The minimum absolute atomic E-state index is 0.204. The molecule has 1 aliphatic heterocycles. The average molecular weight is 386 g/mol. The summed E-state index contributed by atoms with van der Waals surface area (Å²) in [4.78, 5) is 12.3. The number of rotatable bonds is 2. The molecule has 0 radical (unpaired) electrons. The van der Waals surface area contributed by atoms with Crippen LogP contribution in [0.15, 0.2) is 34.8 Å². The van der Waals surface area contributed by atoms with Crippen LogP contribution in [-0.2, 0) is 13.1 Å². The summed E-state index contributed by atoms with van der Waals surface area (Å²) in [6, 6.07) is 9.15. The van der Waals surface area contributed by atoms with Crippen molar-refractivity contribution in [2.24, 2.45) is 0 Å². The molecule has 0 bridgehead atoms. The first-order valence-electron chi connectivity index (χ1n) is 6.33. The second-order valence-corrected chi connectivity index (χ2v) is 6.37. The highest BCUT2D eigenvalue weighted by Gasteiger charge is 2.15. The lowest BCUT2D eigenvalue weighted by Gasteiger charge is -2.10. The van der Waals surface area contributed by atoms with E-state index >= 15 is 0 Å². The van der Waals surface area contributed by atoms with Crippen LogP contribution in [0.2, 0.25) is 10.0 Å². The average Bonchev–Trinajstić information content (AvgIpc) is 2.95. The maximum atomic E-state index is 12.3. The summed E-state index contributed by atoms with van der Waals surface area (Å²) in [5, 5.41) is 6.74. The molecule has 2 N–H and O–H groups in total. The third-order valence-electron chi connectivity index (χ3n) is 3.38. The molecule has 0 aromatic heterocycles. The van der Waals surface area contributed by atoms with E-state index in [0.29, 0.717) is 25.8 Å². The molecule has 0 unspecified atom stereocenters. The summed E-state index contributed by atoms with van der Waals surface area (Å²) >= 11 is 15.5. The lowest BCUT2D eigenvalue weighted by atomic mass is 10.1. The Morgan fingerprint density at radius 1 is 1.10 bits per heavy atom. The summed E-state index contributed by atoms with van der Waals surface area (Å²) < 4.78 is 0.691. The van der Waals surface area contributed by atoms with E-state index < -0.39 is 0 Å². The van der Waals surface area contributed by atoms with E-state index in [1.54, 1.807) is 12.1 Å². The van der Waals surface area contributed by atoms with Crippen molar-refractivity contribution in [2.45, 2.75) is 13.1 Å². The van der Waals surface area contributed by atoms with Crippen molar-refractivity contribution < 1.29 is 4.79 Å². The molecule has 0 fully saturated rings. The van der Waals surface area contributed by atoms with Crippen molar-refractivity contribution in [3.8, 4) is 0 Å². The van der Waals surface area contributed by atoms with Gasteiger partial charge in [-0.2, -0.15) is 0 Å². The fraction of sp³-hybridized carbons (Fsp3) is 0.133. The van der Waals surface area contributed by atoms with Crippen molar-refractivity contribution in [2.75, 3.05) is 5.32 Å². The number of carbonyl (C=O) groups excluding carboxylic acids is 1. The van der Waals surface area contributed by atoms with Gasteiger partial charge in [-0.05, 0) is 51.3 Å². The second-order valence-electron chi connectivity index (χ2n) is 4.76. The summed E-state index contributed by atoms with van der Waals surface area (Å²) in [5.74, 6) is -0.204. The first-order chi connectivity index (χ1) is 10.1. The maximum Gasteiger partial charge on any atom is 0.255 e. The molecule has 2 aromatic carbocycles. The van der Waals surface area contributed by atoms with Crippen molar-refractivity contribution in [1.29, 1.82) is 0 Å². The number of hydrogen-bond donors (Lipinski definition) is 2. The summed E-state index contributed by atoms with van der Waals surface area (Å²) in [6.07, 6.45) is 0. The molecule has 1 amide bonds. The molecule has 2 aromatic rings. The number of halogens is 3. The van der Waals surface area contributed by atoms with Gasteiger partial charge in [-0.15, -0.1) is 0 Å². The van der Waals surface area contributed by atoms with Crippen molar-refractivity contribution >= 4 is 50.7 Å². The first kappa shape index (κ1) is 14.9. The third kappa shape index (κ3) is 2.94. The highest BCUT2D eigenvalue weighted by molar-refractivity contribution is 9.10. The molecule has 1 aliphatic rings. The van der Waals surface area contributed by atoms with Crippen molar-refractivity contribution in [1.82, 2.24) is 5.32 Å². The standard InChI is InChI=1S/C15H11BrCl2N2O/c16-11-3-4-12(14(18)13(11)17)20-15(21)8-1-2-9-6-19-7-10(9)5-8/h1-5,19H,6-7H2,(H,20,21). The Labute approximate surface area is 140 Å². The topological polar surface area (TPSA) is 41.1 Å². The van der Waals surface area contributed by atoms with Gasteiger partial charge in [-0.1, -0.05) is 29.3 Å². The molecular formula is C15H11BrCl2N2O. The van der Waals surface area contributed by atoms with Crippen LogP contribution in [0.5, 0.6) is 0 Å². The highest BCUT2D eigenvalue weighted by Crippen LogP contribution is 2.36. The van der Waals surface area contributed by atoms with Gasteiger partial charge in [0.2, 0.25) is 0 Å². The summed E-state index contributed by atoms with van der Waals surface area (Å²) in [6.45, 7) is 1.65. The lowest BCUT2D eigenvalue weighted by Crippen LogP contribution is -2.12. The number of hydrogen-bond acceptors (Lipinski definition) is 2. The number of anilines is 1. The van der Waals surface area contributed by atoms with Crippen molar-refractivity contribution in [3.05, 3.63) is 61.5 Å². The van der Waals surface area contributed by atoms with Crippen LogP contribution in [0.1, 0.15) is 21.5 Å². The zero-order chi connectivity index (χ0) is 15.0. The molecule has 0 saturated carbocycles. The van der Waals surface area contributed by atoms with E-state index in [0.717, 1.165) is 18.7 Å². The van der Waals surface area contributed by atoms with Crippen LogP contribution in [0.25, 0.3) is 0 Å². The molecule has 21 heavy (non-hydrogen) atoms. The molecular weight excluding hydrogens is 375 g/mol. The normalized spacial score (nSPS) is 13.1. The van der Waals surface area contributed by atoms with Gasteiger partial charge in [0, 0.05) is 23.1 Å². The largest absolute Gasteiger partial charge is 0.321 e. The minimum Gasteiger partial charge on any atom is -0.321 e. The lowest BCUT2D eigenvalue weighted by molar-refractivity contribution is 0.102. The van der Waals surface area contributed by atoms with Gasteiger partial charge in [-0.3, -0.25) is 4.79 Å². The highest BCUT2D eigenvalue weighted by atomic mass is 79.9. The molecule has 108 valence electrons. The summed E-state index contributed by atoms with van der Waals surface area (Å²) in [5.41, 5.74) is 3.49. The van der Waals surface area contributed by atoms with Gasteiger partial charge >= 0.3 is 0 Å². The molecule has 3 nitrogen and oxygen atoms in total. The Hall–Kier alpha value is -1.07. The first-order valence-corrected chi connectivity index (χ1v) is 7.88. The van der Waals surface area contributed by atoms with Crippen LogP contribution in [0.3, 0.4) is 0 Å². The van der Waals surface area contributed by atoms with Gasteiger partial charge in [0.15, 0.2) is 0 Å². The molecule has 0 aliphatic carbocycles. The number of carbonyl (C=O) groups is 1. The summed E-state index contributed by atoms with van der Waals surface area (Å²) in [7, 11) is 0. The Balaban J connectivity index is 1.85. The van der Waals surface area contributed by atoms with Crippen LogP contribution < -0.4 is 10.6 Å². The maximum absolute atomic E-state index is 12.3. The van der Waals surface area contributed by atoms with Crippen LogP contribution in [-0.4, -0.2) is 5.91 Å².